The molecule has 0 aliphatic heterocycles. The van der Waals surface area contributed by atoms with Crippen LogP contribution in [0.2, 0.25) is 0 Å². The molecule has 0 saturated heterocycles. The highest BCUT2D eigenvalue weighted by molar-refractivity contribution is 5.99. The standard InChI is InChI=1S/C47H35N3/c1-30-10-5-19-42-37(30)15-8-18-41(42)34-24-28-36(29-25-34)46-48-45(49-47(50-46)44-21-9-16-38-31(2)11-6-20-43(38)44)35-26-22-33(23-27-35)40-17-7-13-32-12-3-4-14-39(32)40/h3-29,32,39H,1-2H3. The molecule has 238 valence electrons. The Labute approximate surface area is 292 Å². The van der Waals surface area contributed by atoms with E-state index in [4.69, 9.17) is 15.0 Å². The fraction of sp³-hybridized carbons (Fsp3) is 0.0851. The van der Waals surface area contributed by atoms with Gasteiger partial charge in [-0.15, -0.1) is 0 Å². The normalized spacial score (nSPS) is 16.5. The minimum atomic E-state index is 0.349. The topological polar surface area (TPSA) is 38.7 Å². The number of aryl methyl sites for hydroxylation is 2. The lowest BCUT2D eigenvalue weighted by Gasteiger charge is -2.27. The second-order valence-corrected chi connectivity index (χ2v) is 13.3. The summed E-state index contributed by atoms with van der Waals surface area (Å²) in [7, 11) is 0. The first-order chi connectivity index (χ1) is 24.6. The van der Waals surface area contributed by atoms with Gasteiger partial charge in [0.2, 0.25) is 0 Å². The van der Waals surface area contributed by atoms with Gasteiger partial charge in [0.15, 0.2) is 17.5 Å². The van der Waals surface area contributed by atoms with Crippen LogP contribution in [-0.2, 0) is 0 Å². The van der Waals surface area contributed by atoms with E-state index in [0.29, 0.717) is 29.3 Å². The molecule has 2 aliphatic rings. The maximum atomic E-state index is 5.13. The van der Waals surface area contributed by atoms with Crippen LogP contribution in [0.4, 0.5) is 0 Å². The summed E-state index contributed by atoms with van der Waals surface area (Å²) in [4.78, 5) is 15.4. The van der Waals surface area contributed by atoms with Crippen molar-refractivity contribution in [2.75, 3.05) is 0 Å². The maximum Gasteiger partial charge on any atom is 0.164 e. The highest BCUT2D eigenvalue weighted by Crippen LogP contribution is 2.38. The maximum absolute atomic E-state index is 5.13. The summed E-state index contributed by atoms with van der Waals surface area (Å²) in [6.07, 6.45) is 15.6. The van der Waals surface area contributed by atoms with Gasteiger partial charge in [0, 0.05) is 28.5 Å². The van der Waals surface area contributed by atoms with Crippen molar-refractivity contribution >= 4 is 27.1 Å². The number of benzene rings is 6. The summed E-state index contributed by atoms with van der Waals surface area (Å²) in [6, 6.07) is 43.2. The highest BCUT2D eigenvalue weighted by atomic mass is 15.0. The van der Waals surface area contributed by atoms with Gasteiger partial charge in [-0.3, -0.25) is 0 Å². The van der Waals surface area contributed by atoms with Gasteiger partial charge in [-0.1, -0.05) is 164 Å². The van der Waals surface area contributed by atoms with E-state index >= 15 is 0 Å². The summed E-state index contributed by atoms with van der Waals surface area (Å²) >= 11 is 0. The summed E-state index contributed by atoms with van der Waals surface area (Å²) in [5, 5.41) is 4.87. The quantitative estimate of drug-likeness (QED) is 0.188. The molecule has 0 N–H and O–H groups in total. The van der Waals surface area contributed by atoms with Gasteiger partial charge >= 0.3 is 0 Å². The lowest BCUT2D eigenvalue weighted by Crippen LogP contribution is -2.14. The van der Waals surface area contributed by atoms with Crippen LogP contribution in [0.25, 0.3) is 72.4 Å². The zero-order chi connectivity index (χ0) is 33.6. The number of nitrogens with zero attached hydrogens (tertiary/aromatic N) is 3. The van der Waals surface area contributed by atoms with E-state index in [9.17, 15) is 0 Å². The number of allylic oxidation sites excluding steroid dienone is 8. The third-order valence-corrected chi connectivity index (χ3v) is 10.2. The number of hydrogen-bond acceptors (Lipinski definition) is 3. The van der Waals surface area contributed by atoms with Crippen molar-refractivity contribution in [1.29, 1.82) is 0 Å². The predicted octanol–water partition coefficient (Wildman–Crippen LogP) is 11.8. The van der Waals surface area contributed by atoms with Gasteiger partial charge in [-0.05, 0) is 68.8 Å². The first kappa shape index (κ1) is 29.9. The molecule has 0 fully saturated rings. The number of aromatic nitrogens is 3. The zero-order valence-electron chi connectivity index (χ0n) is 28.1. The van der Waals surface area contributed by atoms with Crippen molar-refractivity contribution in [1.82, 2.24) is 15.0 Å². The summed E-state index contributed by atoms with van der Waals surface area (Å²) < 4.78 is 0. The first-order valence-electron chi connectivity index (χ1n) is 17.3. The van der Waals surface area contributed by atoms with Gasteiger partial charge in [0.05, 0.1) is 0 Å². The average Bonchev–Trinajstić information content (AvgIpc) is 3.18. The van der Waals surface area contributed by atoms with Gasteiger partial charge in [0.25, 0.3) is 0 Å². The molecule has 1 heterocycles. The van der Waals surface area contributed by atoms with Gasteiger partial charge in [-0.2, -0.15) is 0 Å². The van der Waals surface area contributed by atoms with E-state index in [1.54, 1.807) is 0 Å². The third kappa shape index (κ3) is 5.28. The molecule has 2 aliphatic carbocycles. The Kier molecular flexibility index (Phi) is 7.39. The average molecular weight is 642 g/mol. The lowest BCUT2D eigenvalue weighted by atomic mass is 9.77. The van der Waals surface area contributed by atoms with E-state index < -0.39 is 0 Å². The highest BCUT2D eigenvalue weighted by Gasteiger charge is 2.24. The predicted molar refractivity (Wildman–Crippen MR) is 208 cm³/mol. The van der Waals surface area contributed by atoms with Crippen LogP contribution >= 0.6 is 0 Å². The minimum Gasteiger partial charge on any atom is -0.208 e. The molecule has 0 spiro atoms. The number of fused-ring (bicyclic) bond motifs is 3. The van der Waals surface area contributed by atoms with Crippen LogP contribution in [0, 0.1) is 25.7 Å². The Bertz CT molecular complexity index is 2550. The number of hydrogen-bond donors (Lipinski definition) is 0. The Morgan fingerprint density at radius 1 is 0.400 bits per heavy atom. The van der Waals surface area contributed by atoms with Crippen LogP contribution in [0.15, 0.2) is 164 Å². The van der Waals surface area contributed by atoms with Gasteiger partial charge < -0.3 is 0 Å². The molecule has 3 nitrogen and oxygen atoms in total. The van der Waals surface area contributed by atoms with E-state index in [0.717, 1.165) is 27.6 Å². The molecule has 0 radical (unpaired) electrons. The summed E-state index contributed by atoms with van der Waals surface area (Å²) in [5.74, 6) is 2.73. The van der Waals surface area contributed by atoms with Gasteiger partial charge in [-0.25, -0.2) is 15.0 Å². The molecule has 2 atom stereocenters. The molecule has 0 saturated carbocycles. The SMILES string of the molecule is Cc1cccc2c(-c3ccc(-c4nc(-c5ccc(C6=CC=CC7C=CC=CC67)cc5)nc(-c5cccc6c(C)cccc56)n4)cc3)cccc12. The Balaban J connectivity index is 1.14. The van der Waals surface area contributed by atoms with Crippen molar-refractivity contribution in [2.45, 2.75) is 13.8 Å². The third-order valence-electron chi connectivity index (χ3n) is 10.2. The fourth-order valence-electron chi connectivity index (χ4n) is 7.55. The van der Waals surface area contributed by atoms with E-state index in [2.05, 4.69) is 178 Å². The minimum absolute atomic E-state index is 0.349. The second kappa shape index (κ2) is 12.4. The van der Waals surface area contributed by atoms with Crippen LogP contribution in [0.3, 0.4) is 0 Å². The van der Waals surface area contributed by atoms with Crippen LogP contribution in [-0.4, -0.2) is 15.0 Å². The second-order valence-electron chi connectivity index (χ2n) is 13.3. The van der Waals surface area contributed by atoms with Crippen molar-refractivity contribution in [3.05, 3.63) is 181 Å². The van der Waals surface area contributed by atoms with Crippen molar-refractivity contribution in [3.8, 4) is 45.3 Å². The smallest absolute Gasteiger partial charge is 0.164 e. The Morgan fingerprint density at radius 2 is 0.880 bits per heavy atom. The first-order valence-corrected chi connectivity index (χ1v) is 17.3. The summed E-state index contributed by atoms with van der Waals surface area (Å²) in [6.45, 7) is 4.32. The van der Waals surface area contributed by atoms with E-state index in [1.165, 1.54) is 44.0 Å². The van der Waals surface area contributed by atoms with Crippen LogP contribution < -0.4 is 0 Å². The number of rotatable bonds is 5. The molecule has 9 rings (SSSR count). The van der Waals surface area contributed by atoms with Crippen molar-refractivity contribution in [3.63, 3.8) is 0 Å². The van der Waals surface area contributed by atoms with Crippen LogP contribution in [0.1, 0.15) is 16.7 Å². The molecular weight excluding hydrogens is 607 g/mol. The molecule has 1 aromatic heterocycles. The van der Waals surface area contributed by atoms with E-state index in [1.807, 2.05) is 0 Å². The van der Waals surface area contributed by atoms with E-state index in [-0.39, 0.29) is 0 Å². The van der Waals surface area contributed by atoms with Crippen molar-refractivity contribution in [2.24, 2.45) is 11.8 Å². The molecule has 0 amide bonds. The molecule has 2 unspecified atom stereocenters. The lowest BCUT2D eigenvalue weighted by molar-refractivity contribution is 0.678. The van der Waals surface area contributed by atoms with Crippen LogP contribution in [0.5, 0.6) is 0 Å². The van der Waals surface area contributed by atoms with Crippen molar-refractivity contribution < 1.29 is 0 Å². The Hall–Kier alpha value is -6.19. The zero-order valence-corrected chi connectivity index (χ0v) is 28.1. The van der Waals surface area contributed by atoms with Gasteiger partial charge in [0.1, 0.15) is 0 Å². The molecular formula is C47H35N3. The monoisotopic (exact) mass is 641 g/mol. The Morgan fingerprint density at radius 3 is 1.54 bits per heavy atom. The largest absolute Gasteiger partial charge is 0.208 e. The molecule has 3 heteroatoms. The molecule has 0 bridgehead atoms. The molecule has 50 heavy (non-hydrogen) atoms. The summed E-state index contributed by atoms with van der Waals surface area (Å²) in [5.41, 5.74) is 10.3. The molecule has 7 aromatic rings. The fourth-order valence-corrected chi connectivity index (χ4v) is 7.55. The molecule has 6 aromatic carbocycles.